The molecule has 28 heavy (non-hydrogen) atoms. The number of anilines is 1. The van der Waals surface area contributed by atoms with Gasteiger partial charge in [0.15, 0.2) is 5.82 Å². The summed E-state index contributed by atoms with van der Waals surface area (Å²) in [6.07, 6.45) is 9.34. The predicted molar refractivity (Wildman–Crippen MR) is 111 cm³/mol. The van der Waals surface area contributed by atoms with E-state index in [-0.39, 0.29) is 12.7 Å². The van der Waals surface area contributed by atoms with E-state index in [9.17, 15) is 0 Å². The van der Waals surface area contributed by atoms with Crippen LogP contribution in [0.3, 0.4) is 0 Å². The fourth-order valence-electron chi connectivity index (χ4n) is 4.32. The highest BCUT2D eigenvalue weighted by Gasteiger charge is 2.28. The van der Waals surface area contributed by atoms with Crippen LogP contribution in [-0.4, -0.2) is 52.5 Å². The molecule has 4 heterocycles. The Balaban J connectivity index is 1.59. The van der Waals surface area contributed by atoms with Crippen LogP contribution in [0.15, 0.2) is 24.5 Å². The van der Waals surface area contributed by atoms with Gasteiger partial charge in [0.1, 0.15) is 10.6 Å². The number of fused-ring (bicyclic) bond motifs is 3. The summed E-state index contributed by atoms with van der Waals surface area (Å²) >= 11 is 1.83. The maximum Gasteiger partial charge on any atom is 0.164 e. The Morgan fingerprint density at radius 2 is 2.21 bits per heavy atom. The summed E-state index contributed by atoms with van der Waals surface area (Å²) in [6, 6.07) is 3.94. The summed E-state index contributed by atoms with van der Waals surface area (Å²) in [6.45, 7) is 2.25. The molecule has 146 valence electrons. The Kier molecular flexibility index (Phi) is 4.96. The number of piperidine rings is 1. The Morgan fingerprint density at radius 3 is 3.07 bits per heavy atom. The molecule has 0 spiro atoms. The molecule has 1 saturated heterocycles. The molecule has 7 heteroatoms. The van der Waals surface area contributed by atoms with Crippen molar-refractivity contribution in [3.8, 4) is 11.4 Å². The van der Waals surface area contributed by atoms with E-state index in [1.165, 1.54) is 22.2 Å². The van der Waals surface area contributed by atoms with Crippen LogP contribution in [0.2, 0.25) is 0 Å². The van der Waals surface area contributed by atoms with Crippen molar-refractivity contribution in [2.24, 2.45) is 0 Å². The summed E-state index contributed by atoms with van der Waals surface area (Å²) in [4.78, 5) is 19.1. The molecule has 3 aromatic rings. The van der Waals surface area contributed by atoms with E-state index in [0.717, 1.165) is 60.8 Å². The second-order valence-corrected chi connectivity index (χ2v) is 8.54. The first kappa shape index (κ1) is 18.0. The van der Waals surface area contributed by atoms with Crippen LogP contribution in [0.1, 0.15) is 29.7 Å². The van der Waals surface area contributed by atoms with Gasteiger partial charge >= 0.3 is 0 Å². The summed E-state index contributed by atoms with van der Waals surface area (Å²) in [5.74, 6) is 1.79. The van der Waals surface area contributed by atoms with E-state index in [0.29, 0.717) is 6.61 Å². The van der Waals surface area contributed by atoms with Crippen LogP contribution in [0.25, 0.3) is 21.6 Å². The Hall–Kier alpha value is -2.09. The quantitative estimate of drug-likeness (QED) is 0.714. The SMILES string of the molecule is OCCOC1CCCN(c2nc(-c3cccnc3)nc3sc4c(c23)CCC4)C1. The summed E-state index contributed by atoms with van der Waals surface area (Å²) in [5, 5.41) is 10.3. The highest BCUT2D eigenvalue weighted by Crippen LogP contribution is 2.42. The minimum Gasteiger partial charge on any atom is -0.394 e. The molecule has 0 radical (unpaired) electrons. The van der Waals surface area contributed by atoms with Crippen molar-refractivity contribution in [1.29, 1.82) is 0 Å². The average molecular weight is 397 g/mol. The van der Waals surface area contributed by atoms with Crippen LogP contribution < -0.4 is 4.90 Å². The summed E-state index contributed by atoms with van der Waals surface area (Å²) in [7, 11) is 0. The number of aliphatic hydroxyl groups is 1. The number of thiophene rings is 1. The molecule has 1 atom stereocenters. The van der Waals surface area contributed by atoms with Gasteiger partial charge in [0.05, 0.1) is 24.7 Å². The van der Waals surface area contributed by atoms with Gasteiger partial charge in [-0.05, 0) is 49.8 Å². The van der Waals surface area contributed by atoms with Crippen molar-refractivity contribution in [2.75, 3.05) is 31.2 Å². The minimum atomic E-state index is 0.0669. The zero-order valence-corrected chi connectivity index (χ0v) is 16.6. The van der Waals surface area contributed by atoms with E-state index in [1.807, 2.05) is 29.7 Å². The number of nitrogens with zero attached hydrogens (tertiary/aromatic N) is 4. The molecule has 0 saturated carbocycles. The summed E-state index contributed by atoms with van der Waals surface area (Å²) in [5.41, 5.74) is 2.40. The molecule has 3 aromatic heterocycles. The van der Waals surface area contributed by atoms with Crippen molar-refractivity contribution in [1.82, 2.24) is 15.0 Å². The standard InChI is InChI=1S/C21H24N4O2S/c26-10-11-27-15-5-3-9-25(13-15)20-18-16-6-1-7-17(16)28-21(18)24-19(23-20)14-4-2-8-22-12-14/h2,4,8,12,15,26H,1,3,5-7,9-11,13H2. The smallest absolute Gasteiger partial charge is 0.164 e. The van der Waals surface area contributed by atoms with E-state index in [1.54, 1.807) is 6.20 Å². The van der Waals surface area contributed by atoms with E-state index >= 15 is 0 Å². The van der Waals surface area contributed by atoms with Gasteiger partial charge in [-0.2, -0.15) is 0 Å². The number of aromatic nitrogens is 3. The maximum absolute atomic E-state index is 9.10. The highest BCUT2D eigenvalue weighted by atomic mass is 32.1. The first-order valence-corrected chi connectivity index (χ1v) is 10.8. The number of hydrogen-bond acceptors (Lipinski definition) is 7. The van der Waals surface area contributed by atoms with Gasteiger partial charge in [0.2, 0.25) is 0 Å². The van der Waals surface area contributed by atoms with Crippen molar-refractivity contribution >= 4 is 27.4 Å². The second kappa shape index (κ2) is 7.73. The Bertz CT molecular complexity index is 975. The minimum absolute atomic E-state index is 0.0669. The number of rotatable bonds is 5. The van der Waals surface area contributed by atoms with Gasteiger partial charge in [-0.3, -0.25) is 4.98 Å². The van der Waals surface area contributed by atoms with Gasteiger partial charge in [-0.15, -0.1) is 11.3 Å². The normalized spacial score (nSPS) is 19.3. The molecule has 1 fully saturated rings. The third-order valence-electron chi connectivity index (χ3n) is 5.59. The fourth-order valence-corrected chi connectivity index (χ4v) is 5.57. The van der Waals surface area contributed by atoms with Gasteiger partial charge in [0, 0.05) is 35.9 Å². The molecule has 0 amide bonds. The molecule has 0 aromatic carbocycles. The van der Waals surface area contributed by atoms with Gasteiger partial charge < -0.3 is 14.7 Å². The fraction of sp³-hybridized carbons (Fsp3) is 0.476. The average Bonchev–Trinajstić information content (AvgIpc) is 3.33. The molecular weight excluding hydrogens is 372 g/mol. The number of aryl methyl sites for hydroxylation is 2. The number of aliphatic hydroxyl groups excluding tert-OH is 1. The summed E-state index contributed by atoms with van der Waals surface area (Å²) < 4.78 is 5.84. The van der Waals surface area contributed by atoms with Gasteiger partial charge in [-0.25, -0.2) is 9.97 Å². The predicted octanol–water partition coefficient (Wildman–Crippen LogP) is 3.22. The lowest BCUT2D eigenvalue weighted by Gasteiger charge is -2.34. The van der Waals surface area contributed by atoms with Crippen LogP contribution in [0.5, 0.6) is 0 Å². The van der Waals surface area contributed by atoms with Crippen LogP contribution in [-0.2, 0) is 17.6 Å². The van der Waals surface area contributed by atoms with Crippen molar-refractivity contribution in [3.63, 3.8) is 0 Å². The monoisotopic (exact) mass is 396 g/mol. The third-order valence-corrected chi connectivity index (χ3v) is 6.77. The van der Waals surface area contributed by atoms with Crippen molar-refractivity contribution in [2.45, 2.75) is 38.2 Å². The zero-order valence-electron chi connectivity index (χ0n) is 15.8. The number of hydrogen-bond donors (Lipinski definition) is 1. The van der Waals surface area contributed by atoms with Gasteiger partial charge in [-0.1, -0.05) is 0 Å². The lowest BCUT2D eigenvalue weighted by Crippen LogP contribution is -2.40. The van der Waals surface area contributed by atoms with Crippen molar-refractivity contribution < 1.29 is 9.84 Å². The highest BCUT2D eigenvalue weighted by molar-refractivity contribution is 7.19. The Morgan fingerprint density at radius 1 is 1.25 bits per heavy atom. The molecule has 2 aliphatic rings. The topological polar surface area (TPSA) is 71.4 Å². The molecule has 1 unspecified atom stereocenters. The lowest BCUT2D eigenvalue weighted by atomic mass is 10.1. The van der Waals surface area contributed by atoms with Crippen LogP contribution in [0.4, 0.5) is 5.82 Å². The van der Waals surface area contributed by atoms with Crippen LogP contribution in [0, 0.1) is 0 Å². The molecular formula is C21H24N4O2S. The maximum atomic E-state index is 9.10. The molecule has 0 bridgehead atoms. The van der Waals surface area contributed by atoms with Crippen LogP contribution >= 0.6 is 11.3 Å². The molecule has 1 aliphatic carbocycles. The second-order valence-electron chi connectivity index (χ2n) is 7.45. The molecule has 1 aliphatic heterocycles. The lowest BCUT2D eigenvalue weighted by molar-refractivity contribution is 0.0214. The molecule has 6 nitrogen and oxygen atoms in total. The number of pyridine rings is 1. The third kappa shape index (κ3) is 3.27. The number of ether oxygens (including phenoxy) is 1. The van der Waals surface area contributed by atoms with E-state index in [2.05, 4.69) is 9.88 Å². The van der Waals surface area contributed by atoms with E-state index < -0.39 is 0 Å². The molecule has 5 rings (SSSR count). The Labute approximate surface area is 168 Å². The van der Waals surface area contributed by atoms with Gasteiger partial charge in [0.25, 0.3) is 0 Å². The molecule has 1 N–H and O–H groups in total. The first-order valence-electron chi connectivity index (χ1n) is 10.0. The van der Waals surface area contributed by atoms with Crippen molar-refractivity contribution in [3.05, 3.63) is 35.0 Å². The largest absolute Gasteiger partial charge is 0.394 e. The zero-order chi connectivity index (χ0) is 18.9. The van der Waals surface area contributed by atoms with E-state index in [4.69, 9.17) is 19.8 Å². The first-order chi connectivity index (χ1) is 13.8.